The average Bonchev–Trinajstić information content (AvgIpc) is 2.49. The van der Waals surface area contributed by atoms with Gasteiger partial charge in [-0.2, -0.15) is 0 Å². The summed E-state index contributed by atoms with van der Waals surface area (Å²) in [5, 5.41) is 10.1. The van der Waals surface area contributed by atoms with Crippen molar-refractivity contribution in [3.05, 3.63) is 29.8 Å². The second-order valence-electron chi connectivity index (χ2n) is 3.25. The van der Waals surface area contributed by atoms with E-state index in [1.54, 1.807) is 24.3 Å². The van der Waals surface area contributed by atoms with Gasteiger partial charge in [0.1, 0.15) is 5.56 Å². The van der Waals surface area contributed by atoms with Crippen molar-refractivity contribution in [1.29, 1.82) is 0 Å². The lowest BCUT2D eigenvalue weighted by Crippen LogP contribution is -2.19. The molecule has 0 atom stereocenters. The molecule has 0 radical (unpaired) electrons. The number of hydrogen-bond donors (Lipinski definition) is 3. The van der Waals surface area contributed by atoms with Gasteiger partial charge in [-0.15, -0.1) is 0 Å². The second kappa shape index (κ2) is 3.27. The Labute approximate surface area is 90.1 Å². The van der Waals surface area contributed by atoms with Crippen molar-refractivity contribution in [2.24, 2.45) is 11.5 Å². The molecular weight excluding hydrogens is 210 g/mol. The molecule has 0 saturated carbocycles. The van der Waals surface area contributed by atoms with Crippen molar-refractivity contribution < 1.29 is 14.7 Å². The van der Waals surface area contributed by atoms with Crippen molar-refractivity contribution in [2.75, 3.05) is 0 Å². The molecule has 1 aromatic heterocycles. The summed E-state index contributed by atoms with van der Waals surface area (Å²) in [6, 6.07) is 5.59. The van der Waals surface area contributed by atoms with Crippen LogP contribution in [0, 0.1) is 0 Å². The highest BCUT2D eigenvalue weighted by Gasteiger charge is 2.22. The quantitative estimate of drug-likeness (QED) is 0.644. The summed E-state index contributed by atoms with van der Waals surface area (Å²) in [5.74, 6) is -1.34. The maximum atomic E-state index is 11.2. The number of aromatic hydroxyl groups is 1. The zero-order valence-corrected chi connectivity index (χ0v) is 8.18. The molecule has 6 nitrogen and oxygen atoms in total. The SMILES string of the molecule is NC(=O)c1c(O)n(C(N)=O)c2ccccc12. The van der Waals surface area contributed by atoms with E-state index < -0.39 is 17.8 Å². The van der Waals surface area contributed by atoms with Gasteiger partial charge >= 0.3 is 6.03 Å². The summed E-state index contributed by atoms with van der Waals surface area (Å²) >= 11 is 0. The fourth-order valence-electron chi connectivity index (χ4n) is 1.69. The molecule has 82 valence electrons. The third kappa shape index (κ3) is 1.20. The number of fused-ring (bicyclic) bond motifs is 1. The first-order chi connectivity index (χ1) is 7.54. The van der Waals surface area contributed by atoms with E-state index >= 15 is 0 Å². The van der Waals surface area contributed by atoms with Crippen LogP contribution in [0.5, 0.6) is 5.88 Å². The molecule has 1 heterocycles. The molecule has 0 unspecified atom stereocenters. The third-order valence-electron chi connectivity index (χ3n) is 2.32. The molecule has 0 spiro atoms. The number of para-hydroxylation sites is 1. The normalized spacial score (nSPS) is 10.5. The van der Waals surface area contributed by atoms with Gasteiger partial charge in [-0.1, -0.05) is 18.2 Å². The van der Waals surface area contributed by atoms with Gasteiger partial charge in [0.15, 0.2) is 0 Å². The van der Waals surface area contributed by atoms with E-state index in [9.17, 15) is 14.7 Å². The minimum Gasteiger partial charge on any atom is -0.494 e. The van der Waals surface area contributed by atoms with E-state index in [1.165, 1.54) is 0 Å². The fraction of sp³-hybridized carbons (Fsp3) is 0. The Bertz CT molecular complexity index is 550. The smallest absolute Gasteiger partial charge is 0.326 e. The summed E-state index contributed by atoms with van der Waals surface area (Å²) in [6.45, 7) is 0. The lowest BCUT2D eigenvalue weighted by Gasteiger charge is -1.99. The summed E-state index contributed by atoms with van der Waals surface area (Å²) in [7, 11) is 0. The van der Waals surface area contributed by atoms with Crippen molar-refractivity contribution in [3.63, 3.8) is 0 Å². The Morgan fingerprint density at radius 3 is 2.38 bits per heavy atom. The van der Waals surface area contributed by atoms with Gasteiger partial charge in [0.25, 0.3) is 5.91 Å². The lowest BCUT2D eigenvalue weighted by atomic mass is 10.1. The first-order valence-electron chi connectivity index (χ1n) is 4.46. The Balaban J connectivity index is 2.97. The molecule has 0 bridgehead atoms. The predicted octanol–water partition coefficient (Wildman–Crippen LogP) is 0.373. The number of aromatic nitrogens is 1. The van der Waals surface area contributed by atoms with Gasteiger partial charge in [-0.3, -0.25) is 4.79 Å². The van der Waals surface area contributed by atoms with Crippen LogP contribution in [0.15, 0.2) is 24.3 Å². The predicted molar refractivity (Wildman–Crippen MR) is 57.1 cm³/mol. The van der Waals surface area contributed by atoms with Gasteiger partial charge < -0.3 is 16.6 Å². The Hall–Kier alpha value is -2.50. The van der Waals surface area contributed by atoms with Crippen LogP contribution in [0.3, 0.4) is 0 Å². The molecule has 0 saturated heterocycles. The maximum absolute atomic E-state index is 11.2. The summed E-state index contributed by atoms with van der Waals surface area (Å²) in [4.78, 5) is 22.3. The third-order valence-corrected chi connectivity index (χ3v) is 2.32. The summed E-state index contributed by atoms with van der Waals surface area (Å²) in [6.07, 6.45) is 0. The van der Waals surface area contributed by atoms with Crippen molar-refractivity contribution in [1.82, 2.24) is 4.57 Å². The first-order valence-corrected chi connectivity index (χ1v) is 4.46. The van der Waals surface area contributed by atoms with E-state index in [2.05, 4.69) is 0 Å². The Kier molecular flexibility index (Phi) is 2.05. The van der Waals surface area contributed by atoms with Gasteiger partial charge in [0.05, 0.1) is 5.52 Å². The first kappa shape index (κ1) is 10.0. The lowest BCUT2D eigenvalue weighted by molar-refractivity contribution is 0.0999. The van der Waals surface area contributed by atoms with Crippen LogP contribution in [0.25, 0.3) is 10.9 Å². The molecular formula is C10H9N3O3. The molecule has 0 aliphatic rings. The molecule has 1 aromatic carbocycles. The van der Waals surface area contributed by atoms with E-state index in [1.807, 2.05) is 0 Å². The number of carbonyl (C=O) groups excluding carboxylic acids is 2. The number of hydrogen-bond acceptors (Lipinski definition) is 3. The van der Waals surface area contributed by atoms with E-state index in [4.69, 9.17) is 11.5 Å². The Morgan fingerprint density at radius 2 is 1.81 bits per heavy atom. The number of rotatable bonds is 1. The van der Waals surface area contributed by atoms with Crippen LogP contribution in [0.4, 0.5) is 4.79 Å². The standard InChI is InChI=1S/C10H9N3O3/c11-8(14)7-5-3-1-2-4-6(5)13(9(7)15)10(12)16/h1-4,15H,(H2,11,14)(H2,12,16). The Morgan fingerprint density at radius 1 is 1.19 bits per heavy atom. The second-order valence-corrected chi connectivity index (χ2v) is 3.25. The van der Waals surface area contributed by atoms with E-state index in [0.29, 0.717) is 10.9 Å². The maximum Gasteiger partial charge on any atom is 0.326 e. The molecule has 0 fully saturated rings. The summed E-state index contributed by atoms with van der Waals surface area (Å²) in [5.41, 5.74) is 10.5. The number of primary amides is 2. The van der Waals surface area contributed by atoms with Gasteiger partial charge in [-0.25, -0.2) is 9.36 Å². The molecule has 2 rings (SSSR count). The number of nitrogens with two attached hydrogens (primary N) is 2. The largest absolute Gasteiger partial charge is 0.494 e. The van der Waals surface area contributed by atoms with Crippen LogP contribution < -0.4 is 11.5 Å². The average molecular weight is 219 g/mol. The molecule has 16 heavy (non-hydrogen) atoms. The number of nitrogens with zero attached hydrogens (tertiary/aromatic N) is 1. The van der Waals surface area contributed by atoms with Gasteiger partial charge in [0, 0.05) is 5.39 Å². The molecule has 0 aliphatic heterocycles. The zero-order valence-electron chi connectivity index (χ0n) is 8.18. The van der Waals surface area contributed by atoms with Crippen molar-refractivity contribution in [2.45, 2.75) is 0 Å². The molecule has 6 heteroatoms. The topological polar surface area (TPSA) is 111 Å². The summed E-state index contributed by atoms with van der Waals surface area (Å²) < 4.78 is 0.843. The van der Waals surface area contributed by atoms with Crippen LogP contribution in [0.2, 0.25) is 0 Å². The fourth-order valence-corrected chi connectivity index (χ4v) is 1.69. The van der Waals surface area contributed by atoms with Crippen LogP contribution in [0.1, 0.15) is 10.4 Å². The number of benzene rings is 1. The van der Waals surface area contributed by atoms with Crippen molar-refractivity contribution >= 4 is 22.8 Å². The molecule has 0 aliphatic carbocycles. The van der Waals surface area contributed by atoms with Crippen LogP contribution in [-0.2, 0) is 0 Å². The minimum absolute atomic E-state index is 0.102. The zero-order chi connectivity index (χ0) is 11.9. The number of amides is 2. The van der Waals surface area contributed by atoms with Gasteiger partial charge in [-0.05, 0) is 6.07 Å². The van der Waals surface area contributed by atoms with Crippen LogP contribution in [-0.4, -0.2) is 21.6 Å². The monoisotopic (exact) mass is 219 g/mol. The molecule has 2 aromatic rings. The highest BCUT2D eigenvalue weighted by Crippen LogP contribution is 2.30. The highest BCUT2D eigenvalue weighted by atomic mass is 16.3. The minimum atomic E-state index is -0.874. The van der Waals surface area contributed by atoms with Crippen molar-refractivity contribution in [3.8, 4) is 5.88 Å². The number of carbonyl (C=O) groups is 2. The van der Waals surface area contributed by atoms with E-state index in [0.717, 1.165) is 4.57 Å². The molecule has 2 amide bonds. The molecule has 5 N–H and O–H groups in total. The van der Waals surface area contributed by atoms with Gasteiger partial charge in [0.2, 0.25) is 5.88 Å². The highest BCUT2D eigenvalue weighted by molar-refractivity contribution is 6.11. The van der Waals surface area contributed by atoms with E-state index in [-0.39, 0.29) is 5.56 Å². The van der Waals surface area contributed by atoms with Crippen LogP contribution >= 0.6 is 0 Å².